The van der Waals surface area contributed by atoms with Crippen molar-refractivity contribution >= 4 is 23.6 Å². The van der Waals surface area contributed by atoms with E-state index in [2.05, 4.69) is 62.0 Å². The van der Waals surface area contributed by atoms with Crippen molar-refractivity contribution in [1.29, 1.82) is 0 Å². The van der Waals surface area contributed by atoms with Gasteiger partial charge in [-0.1, -0.05) is 275 Å². The van der Waals surface area contributed by atoms with Gasteiger partial charge in [-0.2, -0.15) is 0 Å². The van der Waals surface area contributed by atoms with E-state index in [9.17, 15) is 19.2 Å². The Labute approximate surface area is 509 Å². The number of nitrogens with zero attached hydrogens (tertiary/aromatic N) is 4. The Morgan fingerprint density at radius 2 is 0.561 bits per heavy atom. The van der Waals surface area contributed by atoms with E-state index < -0.39 is 12.1 Å². The van der Waals surface area contributed by atoms with Crippen molar-refractivity contribution in [2.45, 2.75) is 325 Å². The summed E-state index contributed by atoms with van der Waals surface area (Å²) in [6, 6.07) is -1.06. The second kappa shape index (κ2) is 59.1. The molecule has 0 saturated carbocycles. The van der Waals surface area contributed by atoms with Crippen molar-refractivity contribution in [1.82, 2.24) is 30.2 Å². The first kappa shape index (κ1) is 79.7. The van der Waals surface area contributed by atoms with E-state index in [1.807, 2.05) is 37.5 Å². The summed E-state index contributed by atoms with van der Waals surface area (Å²) in [6.07, 6.45) is 47.1. The summed E-state index contributed by atoms with van der Waals surface area (Å²) in [4.78, 5) is 63.9. The Bertz CT molecular complexity index is 1320. The van der Waals surface area contributed by atoms with Crippen LogP contribution in [0.5, 0.6) is 0 Å². The molecular formula is C70H140N6O6. The third-order valence-corrected chi connectivity index (χ3v) is 17.1. The topological polar surface area (TPSA) is 124 Å². The molecule has 82 heavy (non-hydrogen) atoms. The highest BCUT2D eigenvalue weighted by Crippen LogP contribution is 2.21. The molecule has 12 heteroatoms. The lowest BCUT2D eigenvalue weighted by Gasteiger charge is -2.34. The third-order valence-electron chi connectivity index (χ3n) is 17.1. The SMILES string of the molecule is CCCCCCCCCCCCCCCCCCCC(=O)N(CCCN(CC)CC)C(C(=O)NCCOCCOCCNC(=O)C(C(C)C)N(CCCN(CC)CC)C(=O)CCCCCCCCCCCCCCCCCCC)C(C)C. The Hall–Kier alpha value is -2.28. The summed E-state index contributed by atoms with van der Waals surface area (Å²) in [5, 5.41) is 6.16. The van der Waals surface area contributed by atoms with Crippen molar-refractivity contribution in [3.05, 3.63) is 0 Å². The molecule has 486 valence electrons. The van der Waals surface area contributed by atoms with Crippen molar-refractivity contribution in [3.63, 3.8) is 0 Å². The average Bonchev–Trinajstić information content (AvgIpc) is 3.46. The quantitative estimate of drug-likeness (QED) is 0.0577. The lowest BCUT2D eigenvalue weighted by Crippen LogP contribution is -2.53. The highest BCUT2D eigenvalue weighted by atomic mass is 16.5. The summed E-state index contributed by atoms with van der Waals surface area (Å²) < 4.78 is 11.7. The zero-order valence-corrected chi connectivity index (χ0v) is 56.3. The van der Waals surface area contributed by atoms with E-state index in [0.717, 1.165) is 77.8 Å². The maximum Gasteiger partial charge on any atom is 0.243 e. The Morgan fingerprint density at radius 3 is 0.793 bits per heavy atom. The number of hydrogen-bond acceptors (Lipinski definition) is 8. The number of amides is 4. The fourth-order valence-corrected chi connectivity index (χ4v) is 11.8. The summed E-state index contributed by atoms with van der Waals surface area (Å²) in [6.45, 7) is 30.3. The van der Waals surface area contributed by atoms with Crippen LogP contribution in [0.1, 0.15) is 313 Å². The average molecular weight is 1160 g/mol. The fourth-order valence-electron chi connectivity index (χ4n) is 11.8. The van der Waals surface area contributed by atoms with Crippen LogP contribution >= 0.6 is 0 Å². The van der Waals surface area contributed by atoms with E-state index in [1.54, 1.807) is 0 Å². The lowest BCUT2D eigenvalue weighted by molar-refractivity contribution is -0.142. The Kier molecular flexibility index (Phi) is 57.4. The molecule has 0 spiro atoms. The Morgan fingerprint density at radius 1 is 0.317 bits per heavy atom. The summed E-state index contributed by atoms with van der Waals surface area (Å²) in [5.41, 5.74) is 0. The first-order valence-electron chi connectivity index (χ1n) is 35.7. The largest absolute Gasteiger partial charge is 0.377 e. The van der Waals surface area contributed by atoms with Crippen LogP contribution in [0.3, 0.4) is 0 Å². The highest BCUT2D eigenvalue weighted by molar-refractivity contribution is 5.88. The molecule has 0 bridgehead atoms. The molecule has 0 fully saturated rings. The van der Waals surface area contributed by atoms with Gasteiger partial charge in [0.15, 0.2) is 0 Å². The molecule has 2 N–H and O–H groups in total. The van der Waals surface area contributed by atoms with Crippen LogP contribution in [0.4, 0.5) is 0 Å². The first-order valence-corrected chi connectivity index (χ1v) is 35.7. The third kappa shape index (κ3) is 45.1. The molecule has 0 aromatic heterocycles. The van der Waals surface area contributed by atoms with Crippen molar-refractivity contribution in [3.8, 4) is 0 Å². The second-order valence-electron chi connectivity index (χ2n) is 24.9. The number of ether oxygens (including phenoxy) is 2. The lowest BCUT2D eigenvalue weighted by atomic mass is 9.99. The molecule has 2 atom stereocenters. The van der Waals surface area contributed by atoms with Gasteiger partial charge < -0.3 is 39.7 Å². The summed E-state index contributed by atoms with van der Waals surface area (Å²) >= 11 is 0. The standard InChI is InChI=1S/C70H140N6O6/c1-11-17-19-21-23-25-27-29-31-33-35-37-39-41-43-45-47-51-65(77)75(57-49-55-73(13-3)14-4)67(63(7)8)69(79)71-53-59-81-61-62-82-60-54-72-70(80)68(64(9)10)76(58-50-56-74(15-5)16-6)66(78)52-48-46-44-42-40-38-36-34-32-30-28-26-24-22-20-18-12-2/h63-64,67-68H,11-62H2,1-10H3,(H,71,79)(H,72,80). The van der Waals surface area contributed by atoms with Gasteiger partial charge in [0.2, 0.25) is 23.6 Å². The van der Waals surface area contributed by atoms with Crippen LogP contribution in [0.2, 0.25) is 0 Å². The summed E-state index contributed by atoms with van der Waals surface area (Å²) in [7, 11) is 0. The van der Waals surface area contributed by atoms with Gasteiger partial charge in [-0.3, -0.25) is 19.2 Å². The van der Waals surface area contributed by atoms with Gasteiger partial charge in [0.1, 0.15) is 12.1 Å². The van der Waals surface area contributed by atoms with Gasteiger partial charge in [0.25, 0.3) is 0 Å². The molecule has 0 aromatic rings. The minimum absolute atomic E-state index is 0.0295. The van der Waals surface area contributed by atoms with Gasteiger partial charge in [-0.15, -0.1) is 0 Å². The monoisotopic (exact) mass is 1160 g/mol. The molecule has 0 radical (unpaired) electrons. The zero-order chi connectivity index (χ0) is 60.5. The molecular weight excluding hydrogens is 1020 g/mol. The van der Waals surface area contributed by atoms with Crippen LogP contribution in [-0.2, 0) is 28.7 Å². The van der Waals surface area contributed by atoms with Gasteiger partial charge >= 0.3 is 0 Å². The molecule has 0 aliphatic rings. The van der Waals surface area contributed by atoms with Crippen molar-refractivity contribution in [2.75, 3.05) is 91.9 Å². The molecule has 0 saturated heterocycles. The predicted molar refractivity (Wildman–Crippen MR) is 351 cm³/mol. The van der Waals surface area contributed by atoms with E-state index in [1.165, 1.54) is 193 Å². The van der Waals surface area contributed by atoms with Crippen LogP contribution in [-0.4, -0.2) is 147 Å². The van der Waals surface area contributed by atoms with E-state index in [0.29, 0.717) is 65.4 Å². The molecule has 0 aromatic carbocycles. The second-order valence-corrected chi connectivity index (χ2v) is 24.9. The maximum atomic E-state index is 13.9. The Balaban J connectivity index is 4.85. The van der Waals surface area contributed by atoms with Gasteiger partial charge in [0, 0.05) is 39.0 Å². The minimum atomic E-state index is -0.532. The molecule has 0 heterocycles. The van der Waals surface area contributed by atoms with Gasteiger partial charge in [-0.05, 0) is 76.8 Å². The predicted octanol–water partition coefficient (Wildman–Crippen LogP) is 16.5. The van der Waals surface area contributed by atoms with Crippen molar-refractivity contribution < 1.29 is 28.7 Å². The smallest absolute Gasteiger partial charge is 0.243 e. The van der Waals surface area contributed by atoms with Crippen LogP contribution < -0.4 is 10.6 Å². The number of rotatable bonds is 63. The maximum absolute atomic E-state index is 13.9. The minimum Gasteiger partial charge on any atom is -0.377 e. The molecule has 2 unspecified atom stereocenters. The number of hydrogen-bond donors (Lipinski definition) is 2. The van der Waals surface area contributed by atoms with Gasteiger partial charge in [-0.25, -0.2) is 0 Å². The normalized spacial score (nSPS) is 12.5. The molecule has 12 nitrogen and oxygen atoms in total. The van der Waals surface area contributed by atoms with E-state index in [4.69, 9.17) is 9.47 Å². The highest BCUT2D eigenvalue weighted by Gasteiger charge is 2.33. The number of carbonyl (C=O) groups is 4. The van der Waals surface area contributed by atoms with Crippen molar-refractivity contribution in [2.24, 2.45) is 11.8 Å². The van der Waals surface area contributed by atoms with E-state index >= 15 is 0 Å². The molecule has 0 rings (SSSR count). The zero-order valence-electron chi connectivity index (χ0n) is 56.3. The fraction of sp³-hybridized carbons (Fsp3) is 0.943. The molecule has 0 aliphatic carbocycles. The number of nitrogens with one attached hydrogen (secondary N) is 2. The summed E-state index contributed by atoms with van der Waals surface area (Å²) in [5.74, 6) is -0.124. The van der Waals surface area contributed by atoms with Crippen LogP contribution in [0, 0.1) is 11.8 Å². The van der Waals surface area contributed by atoms with Crippen LogP contribution in [0.25, 0.3) is 0 Å². The first-order chi connectivity index (χ1) is 39.9. The van der Waals surface area contributed by atoms with E-state index in [-0.39, 0.29) is 35.5 Å². The van der Waals surface area contributed by atoms with Crippen LogP contribution in [0.15, 0.2) is 0 Å². The number of unbranched alkanes of at least 4 members (excludes halogenated alkanes) is 32. The molecule has 4 amide bonds. The van der Waals surface area contributed by atoms with Gasteiger partial charge in [0.05, 0.1) is 26.4 Å². The molecule has 0 aliphatic heterocycles. The number of carbonyl (C=O) groups excluding carboxylic acids is 4.